The van der Waals surface area contributed by atoms with Crippen LogP contribution in [0.5, 0.6) is 5.75 Å². The van der Waals surface area contributed by atoms with E-state index in [2.05, 4.69) is 0 Å². The predicted octanol–water partition coefficient (Wildman–Crippen LogP) is 3.17. The Bertz CT molecular complexity index is 446. The number of hydrogen-bond donors (Lipinski definition) is 2. The molecule has 21 heavy (non-hydrogen) atoms. The van der Waals surface area contributed by atoms with E-state index < -0.39 is 23.9 Å². The van der Waals surface area contributed by atoms with Gasteiger partial charge in [-0.15, -0.1) is 0 Å². The first kappa shape index (κ1) is 17.8. The fourth-order valence-corrected chi connectivity index (χ4v) is 2.02. The Balaban J connectivity index is 2.91. The SMILES string of the molecule is CCOc1ccc(C(F)(F)F)cc1CCC(O)C(O)CC. The highest BCUT2D eigenvalue weighted by Crippen LogP contribution is 2.33. The van der Waals surface area contributed by atoms with Crippen LogP contribution in [0.3, 0.4) is 0 Å². The average molecular weight is 306 g/mol. The van der Waals surface area contributed by atoms with Crippen LogP contribution >= 0.6 is 0 Å². The Morgan fingerprint density at radius 3 is 2.33 bits per heavy atom. The molecular weight excluding hydrogens is 285 g/mol. The van der Waals surface area contributed by atoms with Gasteiger partial charge in [-0.1, -0.05) is 6.92 Å². The Kier molecular flexibility index (Phi) is 6.48. The van der Waals surface area contributed by atoms with Crippen molar-refractivity contribution in [2.24, 2.45) is 0 Å². The lowest BCUT2D eigenvalue weighted by atomic mass is 10.00. The summed E-state index contributed by atoms with van der Waals surface area (Å²) in [6.45, 7) is 3.82. The van der Waals surface area contributed by atoms with Crippen molar-refractivity contribution in [3.05, 3.63) is 29.3 Å². The standard InChI is InChI=1S/C15H21F3O3/c1-3-12(19)13(20)7-5-10-9-11(15(16,17)18)6-8-14(10)21-4-2/h6,8-9,12-13,19-20H,3-5,7H2,1-2H3. The molecular formula is C15H21F3O3. The highest BCUT2D eigenvalue weighted by atomic mass is 19.4. The molecule has 1 aromatic carbocycles. The number of rotatable bonds is 7. The average Bonchev–Trinajstić information content (AvgIpc) is 2.44. The van der Waals surface area contributed by atoms with Gasteiger partial charge in [0.2, 0.25) is 0 Å². The van der Waals surface area contributed by atoms with Crippen LogP contribution in [0.25, 0.3) is 0 Å². The van der Waals surface area contributed by atoms with E-state index in [0.29, 0.717) is 24.3 Å². The van der Waals surface area contributed by atoms with Gasteiger partial charge in [0.25, 0.3) is 0 Å². The first-order valence-corrected chi connectivity index (χ1v) is 6.98. The Hall–Kier alpha value is -1.27. The minimum atomic E-state index is -4.42. The normalized spacial score (nSPS) is 14.8. The Morgan fingerprint density at radius 1 is 1.14 bits per heavy atom. The van der Waals surface area contributed by atoms with E-state index in [4.69, 9.17) is 4.74 Å². The maximum absolute atomic E-state index is 12.7. The zero-order valence-electron chi connectivity index (χ0n) is 12.2. The summed E-state index contributed by atoms with van der Waals surface area (Å²) in [4.78, 5) is 0. The molecule has 1 aromatic rings. The minimum Gasteiger partial charge on any atom is -0.494 e. The fraction of sp³-hybridized carbons (Fsp3) is 0.600. The van der Waals surface area contributed by atoms with Crippen LogP contribution in [-0.4, -0.2) is 29.0 Å². The summed E-state index contributed by atoms with van der Waals surface area (Å²) in [5.41, 5.74) is -0.361. The topological polar surface area (TPSA) is 49.7 Å². The molecule has 0 aliphatic heterocycles. The number of halogens is 3. The van der Waals surface area contributed by atoms with Crippen molar-refractivity contribution in [2.45, 2.75) is 51.5 Å². The number of ether oxygens (including phenoxy) is 1. The molecule has 6 heteroatoms. The maximum atomic E-state index is 12.7. The van der Waals surface area contributed by atoms with Gasteiger partial charge in [0.15, 0.2) is 0 Å². The molecule has 0 saturated heterocycles. The molecule has 2 atom stereocenters. The van der Waals surface area contributed by atoms with Gasteiger partial charge in [-0.2, -0.15) is 13.2 Å². The molecule has 2 unspecified atom stereocenters. The number of aliphatic hydroxyl groups excluding tert-OH is 2. The van der Waals surface area contributed by atoms with Gasteiger partial charge in [-0.05, 0) is 49.9 Å². The van der Waals surface area contributed by atoms with E-state index in [0.717, 1.165) is 12.1 Å². The van der Waals surface area contributed by atoms with Crippen molar-refractivity contribution in [2.75, 3.05) is 6.61 Å². The van der Waals surface area contributed by atoms with E-state index in [1.54, 1.807) is 13.8 Å². The first-order chi connectivity index (χ1) is 9.79. The lowest BCUT2D eigenvalue weighted by Crippen LogP contribution is -2.25. The molecule has 0 heterocycles. The summed E-state index contributed by atoms with van der Waals surface area (Å²) < 4.78 is 43.5. The van der Waals surface area contributed by atoms with Gasteiger partial charge in [0.05, 0.1) is 24.4 Å². The quantitative estimate of drug-likeness (QED) is 0.813. The summed E-state index contributed by atoms with van der Waals surface area (Å²) >= 11 is 0. The molecule has 0 bridgehead atoms. The summed E-state index contributed by atoms with van der Waals surface area (Å²) in [6, 6.07) is 3.31. The van der Waals surface area contributed by atoms with Crippen molar-refractivity contribution in [3.63, 3.8) is 0 Å². The summed E-state index contributed by atoms with van der Waals surface area (Å²) in [5, 5.41) is 19.2. The fourth-order valence-electron chi connectivity index (χ4n) is 2.02. The van der Waals surface area contributed by atoms with Crippen molar-refractivity contribution in [1.29, 1.82) is 0 Å². The van der Waals surface area contributed by atoms with E-state index in [9.17, 15) is 23.4 Å². The van der Waals surface area contributed by atoms with Crippen molar-refractivity contribution in [1.82, 2.24) is 0 Å². The predicted molar refractivity (Wildman–Crippen MR) is 73.2 cm³/mol. The van der Waals surface area contributed by atoms with Crippen molar-refractivity contribution in [3.8, 4) is 5.75 Å². The number of aryl methyl sites for hydroxylation is 1. The van der Waals surface area contributed by atoms with Gasteiger partial charge < -0.3 is 14.9 Å². The first-order valence-electron chi connectivity index (χ1n) is 6.98. The molecule has 3 nitrogen and oxygen atoms in total. The van der Waals surface area contributed by atoms with Crippen LogP contribution in [0.2, 0.25) is 0 Å². The summed E-state index contributed by atoms with van der Waals surface area (Å²) in [5.74, 6) is 0.378. The summed E-state index contributed by atoms with van der Waals surface area (Å²) in [6.07, 6.45) is -5.47. The van der Waals surface area contributed by atoms with Crippen LogP contribution in [0.4, 0.5) is 13.2 Å². The number of aliphatic hydroxyl groups is 2. The molecule has 0 radical (unpaired) electrons. The molecule has 0 fully saturated rings. The molecule has 0 aliphatic carbocycles. The van der Waals surface area contributed by atoms with Gasteiger partial charge in [-0.3, -0.25) is 0 Å². The number of hydrogen-bond acceptors (Lipinski definition) is 3. The molecule has 0 amide bonds. The third-order valence-corrected chi connectivity index (χ3v) is 3.26. The number of alkyl halides is 3. The second-order valence-electron chi connectivity index (χ2n) is 4.83. The summed E-state index contributed by atoms with van der Waals surface area (Å²) in [7, 11) is 0. The van der Waals surface area contributed by atoms with Gasteiger partial charge in [0.1, 0.15) is 5.75 Å². The zero-order chi connectivity index (χ0) is 16.0. The van der Waals surface area contributed by atoms with Gasteiger partial charge >= 0.3 is 6.18 Å². The molecule has 1 rings (SSSR count). The van der Waals surface area contributed by atoms with Crippen LogP contribution < -0.4 is 4.74 Å². The monoisotopic (exact) mass is 306 g/mol. The highest BCUT2D eigenvalue weighted by molar-refractivity contribution is 5.38. The Labute approximate surface area is 122 Å². The van der Waals surface area contributed by atoms with Crippen LogP contribution in [0, 0.1) is 0 Å². The lowest BCUT2D eigenvalue weighted by molar-refractivity contribution is -0.137. The Morgan fingerprint density at radius 2 is 1.81 bits per heavy atom. The van der Waals surface area contributed by atoms with E-state index in [1.807, 2.05) is 0 Å². The van der Waals surface area contributed by atoms with Crippen LogP contribution in [0.15, 0.2) is 18.2 Å². The molecule has 0 aromatic heterocycles. The van der Waals surface area contributed by atoms with Crippen LogP contribution in [-0.2, 0) is 12.6 Å². The smallest absolute Gasteiger partial charge is 0.416 e. The molecule has 0 spiro atoms. The molecule has 0 aliphatic rings. The molecule has 120 valence electrons. The second kappa shape index (κ2) is 7.66. The van der Waals surface area contributed by atoms with E-state index in [1.165, 1.54) is 6.07 Å². The third kappa shape index (κ3) is 5.21. The van der Waals surface area contributed by atoms with Crippen molar-refractivity contribution >= 4 is 0 Å². The molecule has 0 saturated carbocycles. The second-order valence-corrected chi connectivity index (χ2v) is 4.83. The minimum absolute atomic E-state index is 0.177. The lowest BCUT2D eigenvalue weighted by Gasteiger charge is -2.18. The highest BCUT2D eigenvalue weighted by Gasteiger charge is 2.31. The molecule has 2 N–H and O–H groups in total. The largest absolute Gasteiger partial charge is 0.494 e. The zero-order valence-corrected chi connectivity index (χ0v) is 12.2. The van der Waals surface area contributed by atoms with E-state index in [-0.39, 0.29) is 12.8 Å². The maximum Gasteiger partial charge on any atom is 0.416 e. The van der Waals surface area contributed by atoms with Crippen LogP contribution in [0.1, 0.15) is 37.8 Å². The van der Waals surface area contributed by atoms with Crippen molar-refractivity contribution < 1.29 is 28.1 Å². The van der Waals surface area contributed by atoms with Gasteiger partial charge in [0, 0.05) is 0 Å². The number of benzene rings is 1. The van der Waals surface area contributed by atoms with E-state index >= 15 is 0 Å². The van der Waals surface area contributed by atoms with Gasteiger partial charge in [-0.25, -0.2) is 0 Å². The third-order valence-electron chi connectivity index (χ3n) is 3.26.